The van der Waals surface area contributed by atoms with Crippen LogP contribution in [0.3, 0.4) is 0 Å². The molecule has 2 N–H and O–H groups in total. The van der Waals surface area contributed by atoms with E-state index in [1.807, 2.05) is 36.4 Å². The molecular formula is C33H28F2N4OS. The van der Waals surface area contributed by atoms with Gasteiger partial charge in [-0.1, -0.05) is 36.9 Å². The summed E-state index contributed by atoms with van der Waals surface area (Å²) in [6, 6.07) is 18.6. The van der Waals surface area contributed by atoms with Gasteiger partial charge in [-0.15, -0.1) is 0 Å². The maximum atomic E-state index is 14.6. The van der Waals surface area contributed by atoms with Crippen molar-refractivity contribution in [2.24, 2.45) is 17.8 Å². The van der Waals surface area contributed by atoms with Crippen LogP contribution in [0.25, 0.3) is 33.5 Å². The molecule has 5 aromatic rings. The van der Waals surface area contributed by atoms with E-state index in [0.29, 0.717) is 40.3 Å². The third kappa shape index (κ3) is 4.27. The van der Waals surface area contributed by atoms with Gasteiger partial charge in [-0.3, -0.25) is 0 Å². The molecule has 0 radical (unpaired) electrons. The van der Waals surface area contributed by atoms with Crippen molar-refractivity contribution in [3.8, 4) is 34.1 Å². The van der Waals surface area contributed by atoms with E-state index < -0.39 is 11.6 Å². The van der Waals surface area contributed by atoms with E-state index in [-0.39, 0.29) is 5.52 Å². The molecule has 5 nitrogen and oxygen atoms in total. The van der Waals surface area contributed by atoms with Crippen LogP contribution in [0, 0.1) is 29.4 Å². The number of aromatic amines is 1. The standard InChI is InChI=1S/C33H28F2N4OS/c1-17-18-6-8-19(9-7-18)31(17)38-30-15-25(20-10-11-29-27(12-20)40-26-4-2-3-5-28(26)41-29)37-33(39-30)23-16-36-32-22(23)13-21(34)14-24(32)35/h2-5,10-19,31,36H,6-9H2,1H3,(H,37,38,39)/t17-,18?,19?,31+/m1/s1. The van der Waals surface area contributed by atoms with Gasteiger partial charge >= 0.3 is 0 Å². The van der Waals surface area contributed by atoms with E-state index in [0.717, 1.165) is 44.7 Å². The van der Waals surface area contributed by atoms with Crippen molar-refractivity contribution in [3.05, 3.63) is 78.5 Å². The molecule has 4 aliphatic rings. The lowest BCUT2D eigenvalue weighted by molar-refractivity contribution is 0.0928. The van der Waals surface area contributed by atoms with Crippen LogP contribution in [0.5, 0.6) is 11.5 Å². The van der Waals surface area contributed by atoms with E-state index in [1.54, 1.807) is 18.0 Å². The zero-order valence-corrected chi connectivity index (χ0v) is 23.3. The Hall–Kier alpha value is -3.91. The van der Waals surface area contributed by atoms with Gasteiger partial charge < -0.3 is 15.0 Å². The summed E-state index contributed by atoms with van der Waals surface area (Å²) < 4.78 is 35.1. The molecule has 0 amide bonds. The van der Waals surface area contributed by atoms with Crippen molar-refractivity contribution < 1.29 is 13.5 Å². The van der Waals surface area contributed by atoms with Crippen molar-refractivity contribution >= 4 is 28.5 Å². The fourth-order valence-electron chi connectivity index (χ4n) is 6.99. The van der Waals surface area contributed by atoms with Gasteiger partial charge in [0.05, 0.1) is 21.0 Å². The average molecular weight is 567 g/mol. The first kappa shape index (κ1) is 24.9. The highest BCUT2D eigenvalue weighted by Gasteiger charge is 2.41. The Labute approximate surface area is 240 Å². The summed E-state index contributed by atoms with van der Waals surface area (Å²) in [5.41, 5.74) is 2.39. The van der Waals surface area contributed by atoms with Gasteiger partial charge in [-0.05, 0) is 73.8 Å². The Balaban J connectivity index is 1.23. The van der Waals surface area contributed by atoms with Gasteiger partial charge in [0.1, 0.15) is 29.0 Å². The van der Waals surface area contributed by atoms with Crippen LogP contribution in [0.4, 0.5) is 14.6 Å². The highest BCUT2D eigenvalue weighted by Crippen LogP contribution is 2.49. The van der Waals surface area contributed by atoms with Gasteiger partial charge in [0, 0.05) is 40.9 Å². The Morgan fingerprint density at radius 2 is 1.71 bits per heavy atom. The summed E-state index contributed by atoms with van der Waals surface area (Å²) in [5, 5.41) is 4.19. The van der Waals surface area contributed by atoms with Gasteiger partial charge in [0.25, 0.3) is 0 Å². The maximum Gasteiger partial charge on any atom is 0.164 e. The summed E-state index contributed by atoms with van der Waals surface area (Å²) in [4.78, 5) is 14.9. The smallest absolute Gasteiger partial charge is 0.164 e. The highest BCUT2D eigenvalue weighted by atomic mass is 32.2. The number of hydrogen-bond donors (Lipinski definition) is 2. The minimum absolute atomic E-state index is 0.237. The summed E-state index contributed by atoms with van der Waals surface area (Å²) in [5.74, 6) is 3.35. The number of para-hydroxylation sites is 1. The number of hydrogen-bond acceptors (Lipinski definition) is 5. The molecular weight excluding hydrogens is 538 g/mol. The SMILES string of the molecule is C[C@@H]1C2CCC(CC2)[C@H]1Nc1cc(-c2ccc3c(c2)Oc2ccccc2S3)nc(-c2c[nH]c3c(F)cc(F)cc23)n1. The van der Waals surface area contributed by atoms with Gasteiger partial charge in [-0.25, -0.2) is 18.7 Å². The quantitative estimate of drug-likeness (QED) is 0.223. The van der Waals surface area contributed by atoms with Gasteiger partial charge in [0.2, 0.25) is 0 Å². The van der Waals surface area contributed by atoms with E-state index in [9.17, 15) is 8.78 Å². The van der Waals surface area contributed by atoms with Gasteiger partial charge in [0.15, 0.2) is 5.82 Å². The number of fused-ring (bicyclic) bond motifs is 6. The lowest BCUT2D eigenvalue weighted by atomic mass is 9.62. The summed E-state index contributed by atoms with van der Waals surface area (Å²) >= 11 is 1.68. The number of H-pyrrole nitrogens is 1. The number of benzene rings is 3. The van der Waals surface area contributed by atoms with Crippen LogP contribution in [-0.4, -0.2) is 21.0 Å². The number of nitrogens with zero attached hydrogens (tertiary/aromatic N) is 2. The van der Waals surface area contributed by atoms with Crippen molar-refractivity contribution in [3.63, 3.8) is 0 Å². The van der Waals surface area contributed by atoms with Crippen molar-refractivity contribution in [2.75, 3.05) is 5.32 Å². The zero-order valence-electron chi connectivity index (χ0n) is 22.5. The second-order valence-electron chi connectivity index (χ2n) is 11.5. The molecule has 3 heterocycles. The zero-order chi connectivity index (χ0) is 27.7. The molecule has 3 saturated carbocycles. The number of aromatic nitrogens is 3. The molecule has 206 valence electrons. The maximum absolute atomic E-state index is 14.6. The lowest BCUT2D eigenvalue weighted by Gasteiger charge is -2.47. The highest BCUT2D eigenvalue weighted by molar-refractivity contribution is 7.99. The van der Waals surface area contributed by atoms with Gasteiger partial charge in [-0.2, -0.15) is 0 Å². The molecule has 2 atom stereocenters. The van der Waals surface area contributed by atoms with E-state index >= 15 is 0 Å². The molecule has 3 aliphatic carbocycles. The predicted molar refractivity (Wildman–Crippen MR) is 157 cm³/mol. The molecule has 0 spiro atoms. The second kappa shape index (κ2) is 9.58. The lowest BCUT2D eigenvalue weighted by Crippen LogP contribution is -2.47. The summed E-state index contributed by atoms with van der Waals surface area (Å²) in [6.07, 6.45) is 6.73. The van der Waals surface area contributed by atoms with Crippen LogP contribution in [0.15, 0.2) is 76.7 Å². The number of halogens is 2. The number of nitrogens with one attached hydrogen (secondary N) is 2. The Morgan fingerprint density at radius 1 is 0.902 bits per heavy atom. The van der Waals surface area contributed by atoms with Crippen molar-refractivity contribution in [1.82, 2.24) is 15.0 Å². The van der Waals surface area contributed by atoms with Crippen LogP contribution in [-0.2, 0) is 0 Å². The molecule has 0 unspecified atom stereocenters. The van der Waals surface area contributed by atoms with Crippen molar-refractivity contribution in [1.29, 1.82) is 0 Å². The Morgan fingerprint density at radius 3 is 2.56 bits per heavy atom. The normalized spacial score (nSPS) is 22.7. The first-order valence-electron chi connectivity index (χ1n) is 14.2. The molecule has 2 bridgehead atoms. The molecule has 8 heteroatoms. The molecule has 1 aliphatic heterocycles. The molecule has 0 saturated heterocycles. The first-order chi connectivity index (χ1) is 20.0. The topological polar surface area (TPSA) is 62.8 Å². The fraction of sp³-hybridized carbons (Fsp3) is 0.273. The largest absolute Gasteiger partial charge is 0.455 e. The number of ether oxygens (including phenoxy) is 1. The monoisotopic (exact) mass is 566 g/mol. The minimum atomic E-state index is -0.641. The molecule has 3 aromatic carbocycles. The minimum Gasteiger partial charge on any atom is -0.455 e. The van der Waals surface area contributed by atoms with Crippen molar-refractivity contribution in [2.45, 2.75) is 48.4 Å². The van der Waals surface area contributed by atoms with E-state index in [4.69, 9.17) is 14.7 Å². The average Bonchev–Trinajstić information content (AvgIpc) is 3.42. The molecule has 3 fully saturated rings. The number of rotatable bonds is 4. The fourth-order valence-corrected chi connectivity index (χ4v) is 7.92. The van der Waals surface area contributed by atoms with Crippen LogP contribution in [0.2, 0.25) is 0 Å². The summed E-state index contributed by atoms with van der Waals surface area (Å²) in [6.45, 7) is 2.35. The van der Waals surface area contributed by atoms with Crippen LogP contribution in [0.1, 0.15) is 32.6 Å². The molecule has 2 aromatic heterocycles. The first-order valence-corrected chi connectivity index (χ1v) is 15.0. The second-order valence-corrected chi connectivity index (χ2v) is 12.6. The predicted octanol–water partition coefficient (Wildman–Crippen LogP) is 9.06. The van der Waals surface area contributed by atoms with E-state index in [2.05, 4.69) is 29.4 Å². The third-order valence-electron chi connectivity index (χ3n) is 9.15. The Kier molecular flexibility index (Phi) is 5.81. The molecule has 9 rings (SSSR count). The third-order valence-corrected chi connectivity index (χ3v) is 10.3. The number of anilines is 1. The Bertz CT molecular complexity index is 1810. The van der Waals surface area contributed by atoms with Crippen LogP contribution < -0.4 is 10.1 Å². The van der Waals surface area contributed by atoms with Crippen LogP contribution >= 0.6 is 11.8 Å². The van der Waals surface area contributed by atoms with E-state index in [1.165, 1.54) is 31.7 Å². The summed E-state index contributed by atoms with van der Waals surface area (Å²) in [7, 11) is 0. The molecule has 41 heavy (non-hydrogen) atoms.